The summed E-state index contributed by atoms with van der Waals surface area (Å²) in [6.45, 7) is 2.10. The summed E-state index contributed by atoms with van der Waals surface area (Å²) in [4.78, 5) is 11.3. The van der Waals surface area contributed by atoms with Gasteiger partial charge in [0.1, 0.15) is 0 Å². The predicted molar refractivity (Wildman–Crippen MR) is 151 cm³/mol. The normalized spacial score (nSPS) is 12.7. The molecule has 204 valence electrons. The second-order valence-electron chi connectivity index (χ2n) is 8.86. The molecule has 40 heavy (non-hydrogen) atoms. The van der Waals surface area contributed by atoms with Gasteiger partial charge in [-0.05, 0) is 58.0 Å². The predicted octanol–water partition coefficient (Wildman–Crippen LogP) is 7.59. The largest absolute Gasteiger partial charge is 0.417 e. The zero-order valence-electron chi connectivity index (χ0n) is 21.5. The number of carbonyl (C=O) groups excluding carboxylic acids is 1. The van der Waals surface area contributed by atoms with E-state index in [2.05, 4.69) is 19.1 Å². The maximum absolute atomic E-state index is 13.3. The number of hydrogen-bond acceptors (Lipinski definition) is 3. The first-order valence-electron chi connectivity index (χ1n) is 12.5. The molecular weight excluding hydrogens is 535 g/mol. The van der Waals surface area contributed by atoms with E-state index in [9.17, 15) is 26.4 Å². The van der Waals surface area contributed by atoms with Crippen molar-refractivity contribution in [2.24, 2.45) is 0 Å². The maximum Gasteiger partial charge on any atom is 0.417 e. The summed E-state index contributed by atoms with van der Waals surface area (Å²) in [7, 11) is -4.74. The smallest absolute Gasteiger partial charge is 0.269 e. The van der Waals surface area contributed by atoms with Crippen LogP contribution in [0.4, 0.5) is 13.2 Å². The quantitative estimate of drug-likeness (QED) is 0.178. The Labute approximate surface area is 231 Å². The number of benzene rings is 4. The zero-order chi connectivity index (χ0) is 28.8. The van der Waals surface area contributed by atoms with Crippen molar-refractivity contribution in [1.29, 1.82) is 0 Å². The van der Waals surface area contributed by atoms with Crippen molar-refractivity contribution in [2.75, 3.05) is 0 Å². The van der Waals surface area contributed by atoms with Gasteiger partial charge in [0, 0.05) is 6.08 Å². The third-order valence-corrected chi connectivity index (χ3v) is 7.59. The van der Waals surface area contributed by atoms with E-state index in [0.717, 1.165) is 53.0 Å². The van der Waals surface area contributed by atoms with Crippen LogP contribution >= 0.6 is 0 Å². The average Bonchev–Trinajstić information content (AvgIpc) is 2.95. The van der Waals surface area contributed by atoms with Crippen LogP contribution in [-0.2, 0) is 21.0 Å². The van der Waals surface area contributed by atoms with E-state index < -0.39 is 32.6 Å². The molecule has 0 spiro atoms. The Morgan fingerprint density at radius 2 is 1.27 bits per heavy atom. The van der Waals surface area contributed by atoms with Crippen LogP contribution < -0.4 is 4.72 Å². The van der Waals surface area contributed by atoms with E-state index in [1.165, 1.54) is 11.6 Å². The van der Waals surface area contributed by atoms with Gasteiger partial charge in [0.05, 0.1) is 10.5 Å². The van der Waals surface area contributed by atoms with Crippen molar-refractivity contribution in [1.82, 2.24) is 4.72 Å². The molecule has 0 atom stereocenters. The molecule has 0 heterocycles. The van der Waals surface area contributed by atoms with E-state index in [-0.39, 0.29) is 0 Å². The van der Waals surface area contributed by atoms with Gasteiger partial charge in [-0.3, -0.25) is 4.79 Å². The third-order valence-electron chi connectivity index (χ3n) is 6.18. The van der Waals surface area contributed by atoms with Crippen LogP contribution in [0.2, 0.25) is 0 Å². The van der Waals surface area contributed by atoms with Crippen molar-refractivity contribution < 1.29 is 26.4 Å². The van der Waals surface area contributed by atoms with Crippen molar-refractivity contribution >= 4 is 33.2 Å². The summed E-state index contributed by atoms with van der Waals surface area (Å²) >= 11 is 0. The molecule has 4 rings (SSSR count). The molecule has 4 aromatic carbocycles. The van der Waals surface area contributed by atoms with Gasteiger partial charge in [-0.1, -0.05) is 104 Å². The van der Waals surface area contributed by atoms with Crippen LogP contribution in [0.3, 0.4) is 0 Å². The lowest BCUT2D eigenvalue weighted by Crippen LogP contribution is -2.30. The highest BCUT2D eigenvalue weighted by molar-refractivity contribution is 7.90. The van der Waals surface area contributed by atoms with E-state index in [1.807, 2.05) is 60.7 Å². The van der Waals surface area contributed by atoms with E-state index >= 15 is 0 Å². The minimum Gasteiger partial charge on any atom is -0.269 e. The molecule has 1 N–H and O–H groups in total. The van der Waals surface area contributed by atoms with Gasteiger partial charge in [0.15, 0.2) is 0 Å². The Morgan fingerprint density at radius 1 is 0.750 bits per heavy atom. The molecule has 0 fully saturated rings. The molecule has 0 unspecified atom stereocenters. The lowest BCUT2D eigenvalue weighted by molar-refractivity contribution is -0.140. The van der Waals surface area contributed by atoms with Gasteiger partial charge in [0.25, 0.3) is 15.9 Å². The third kappa shape index (κ3) is 6.76. The van der Waals surface area contributed by atoms with E-state index in [1.54, 1.807) is 16.9 Å². The maximum atomic E-state index is 13.3. The van der Waals surface area contributed by atoms with Gasteiger partial charge < -0.3 is 0 Å². The van der Waals surface area contributed by atoms with Crippen LogP contribution in [0.15, 0.2) is 120 Å². The Kier molecular flexibility index (Phi) is 8.70. The van der Waals surface area contributed by atoms with Crippen molar-refractivity contribution in [3.8, 4) is 0 Å². The summed E-state index contributed by atoms with van der Waals surface area (Å²) in [6.07, 6.45) is -1.73. The van der Waals surface area contributed by atoms with Gasteiger partial charge >= 0.3 is 6.18 Å². The fourth-order valence-electron chi connectivity index (χ4n) is 4.37. The Balaban J connectivity index is 1.59. The first-order valence-corrected chi connectivity index (χ1v) is 13.9. The summed E-state index contributed by atoms with van der Waals surface area (Å²) in [5, 5.41) is 0. The minimum atomic E-state index is -4.89. The van der Waals surface area contributed by atoms with Crippen molar-refractivity contribution in [3.63, 3.8) is 0 Å². The van der Waals surface area contributed by atoms with Crippen molar-refractivity contribution in [3.05, 3.63) is 143 Å². The molecule has 0 aliphatic heterocycles. The lowest BCUT2D eigenvalue weighted by Gasteiger charge is -2.16. The monoisotopic (exact) mass is 561 g/mol. The molecule has 0 aliphatic rings. The first kappa shape index (κ1) is 28.6. The Hall–Kier alpha value is -4.43. The number of alkyl halides is 3. The second kappa shape index (κ2) is 12.2. The summed E-state index contributed by atoms with van der Waals surface area (Å²) in [6, 6.07) is 31.2. The van der Waals surface area contributed by atoms with E-state index in [0.29, 0.717) is 11.6 Å². The topological polar surface area (TPSA) is 63.2 Å². The molecule has 0 radical (unpaired) electrons. The summed E-state index contributed by atoms with van der Waals surface area (Å²) in [5.74, 6) is -1.07. The molecule has 8 heteroatoms. The number of nitrogens with one attached hydrogen (secondary N) is 1. The molecular formula is C32H26F3NO3S. The van der Waals surface area contributed by atoms with Gasteiger partial charge in [-0.25, -0.2) is 13.1 Å². The lowest BCUT2D eigenvalue weighted by atomic mass is 9.88. The molecule has 0 saturated heterocycles. The highest BCUT2D eigenvalue weighted by atomic mass is 32.2. The highest BCUT2D eigenvalue weighted by Crippen LogP contribution is 2.35. The SMILES string of the molecule is CCC(=C(c1ccccc1)c1ccc(C=CC(=O)NS(=O)(=O)c2ccccc2C(F)(F)F)cc1)c1ccccc1. The number of carbonyl (C=O) groups is 1. The average molecular weight is 562 g/mol. The second-order valence-corrected chi connectivity index (χ2v) is 10.5. The Bertz CT molecular complexity index is 1640. The molecule has 0 saturated carbocycles. The van der Waals surface area contributed by atoms with Crippen LogP contribution in [-0.4, -0.2) is 14.3 Å². The number of amides is 1. The molecule has 4 nitrogen and oxygen atoms in total. The molecule has 1 amide bonds. The highest BCUT2D eigenvalue weighted by Gasteiger charge is 2.37. The molecule has 4 aromatic rings. The summed E-state index contributed by atoms with van der Waals surface area (Å²) in [5.41, 5.74) is 4.61. The number of sulfonamides is 1. The van der Waals surface area contributed by atoms with Crippen LogP contribution in [0.25, 0.3) is 17.2 Å². The molecule has 0 aliphatic carbocycles. The zero-order valence-corrected chi connectivity index (χ0v) is 22.3. The van der Waals surface area contributed by atoms with Gasteiger partial charge in [-0.2, -0.15) is 13.2 Å². The van der Waals surface area contributed by atoms with E-state index in [4.69, 9.17) is 0 Å². The van der Waals surface area contributed by atoms with Crippen LogP contribution in [0, 0.1) is 0 Å². The summed E-state index contributed by atoms with van der Waals surface area (Å²) < 4.78 is 66.5. The van der Waals surface area contributed by atoms with Crippen molar-refractivity contribution in [2.45, 2.75) is 24.4 Å². The fourth-order valence-corrected chi connectivity index (χ4v) is 5.55. The molecule has 0 bridgehead atoms. The standard InChI is InChI=1S/C32H26F3NO3S/c1-2-27(24-11-5-3-6-12-24)31(25-13-7-4-8-14-25)26-20-17-23(18-21-26)19-22-30(37)36-40(38,39)29-16-10-9-15-28(29)32(33,34)35/h3-22H,2H2,1H3,(H,36,37). The van der Waals surface area contributed by atoms with Crippen LogP contribution in [0.1, 0.15) is 41.2 Å². The fraction of sp³-hybridized carbons (Fsp3) is 0.0938. The molecule has 0 aromatic heterocycles. The number of halogens is 3. The van der Waals surface area contributed by atoms with Crippen LogP contribution in [0.5, 0.6) is 0 Å². The number of hydrogen-bond donors (Lipinski definition) is 1. The number of rotatable bonds is 8. The number of allylic oxidation sites excluding steroid dienone is 1. The van der Waals surface area contributed by atoms with Gasteiger partial charge in [0.2, 0.25) is 0 Å². The van der Waals surface area contributed by atoms with Gasteiger partial charge in [-0.15, -0.1) is 0 Å². The first-order chi connectivity index (χ1) is 19.1. The minimum absolute atomic E-state index is 0.608. The Morgan fingerprint density at radius 3 is 1.85 bits per heavy atom.